The Kier molecular flexibility index (Phi) is 4.53. The minimum Gasteiger partial charge on any atom is -0.310 e. The summed E-state index contributed by atoms with van der Waals surface area (Å²) in [5.74, 6) is 2.78. The average Bonchev–Trinajstić information content (AvgIpc) is 2.64. The zero-order valence-electron chi connectivity index (χ0n) is 11.6. The molecule has 3 fully saturated rings. The van der Waals surface area contributed by atoms with Gasteiger partial charge in [-0.1, -0.05) is 19.3 Å². The molecule has 1 spiro atoms. The molecule has 3 aliphatic rings. The van der Waals surface area contributed by atoms with Crippen molar-refractivity contribution in [2.45, 2.75) is 62.9 Å². The normalized spacial score (nSPS) is 31.3. The molecule has 0 radical (unpaired) electrons. The fraction of sp³-hybridized carbons (Fsp3) is 1.00. The highest BCUT2D eigenvalue weighted by Gasteiger charge is 2.36. The molecule has 0 bridgehead atoms. The summed E-state index contributed by atoms with van der Waals surface area (Å²) in [5.41, 5.74) is 0.485. The summed E-state index contributed by atoms with van der Waals surface area (Å²) in [6.45, 7) is 3.92. The summed E-state index contributed by atoms with van der Waals surface area (Å²) in [7, 11) is 0. The maximum atomic E-state index is 3.92. The van der Waals surface area contributed by atoms with E-state index in [0.29, 0.717) is 5.54 Å². The van der Waals surface area contributed by atoms with Crippen LogP contribution in [-0.2, 0) is 0 Å². The monoisotopic (exact) mass is 268 g/mol. The molecule has 0 atom stereocenters. The number of nitrogens with zero attached hydrogens (tertiary/aromatic N) is 1. The van der Waals surface area contributed by atoms with Gasteiger partial charge >= 0.3 is 0 Å². The lowest BCUT2D eigenvalue weighted by Crippen LogP contribution is -2.54. The second-order valence-electron chi connectivity index (χ2n) is 6.44. The van der Waals surface area contributed by atoms with E-state index in [1.165, 1.54) is 82.5 Å². The van der Waals surface area contributed by atoms with E-state index >= 15 is 0 Å². The Balaban J connectivity index is 1.66. The van der Waals surface area contributed by atoms with Gasteiger partial charge in [0.05, 0.1) is 0 Å². The minimum absolute atomic E-state index is 0.485. The number of rotatable bonds is 1. The van der Waals surface area contributed by atoms with Crippen molar-refractivity contribution in [2.75, 3.05) is 31.1 Å². The van der Waals surface area contributed by atoms with E-state index in [2.05, 4.69) is 22.0 Å². The highest BCUT2D eigenvalue weighted by Crippen LogP contribution is 2.32. The molecule has 18 heavy (non-hydrogen) atoms. The molecule has 0 aromatic heterocycles. The van der Waals surface area contributed by atoms with Gasteiger partial charge in [0, 0.05) is 18.1 Å². The topological polar surface area (TPSA) is 15.3 Å². The predicted molar refractivity (Wildman–Crippen MR) is 80.4 cm³/mol. The molecular formula is C15H28N2S. The molecule has 0 unspecified atom stereocenters. The first-order chi connectivity index (χ1) is 8.88. The molecule has 2 aliphatic heterocycles. The molecule has 0 amide bonds. The van der Waals surface area contributed by atoms with E-state index in [9.17, 15) is 0 Å². The number of nitrogens with one attached hydrogen (secondary N) is 1. The summed E-state index contributed by atoms with van der Waals surface area (Å²) in [6.07, 6.45) is 11.4. The van der Waals surface area contributed by atoms with Crippen molar-refractivity contribution in [3.63, 3.8) is 0 Å². The minimum atomic E-state index is 0.485. The number of hydrogen-bond donors (Lipinski definition) is 1. The molecule has 104 valence electrons. The lowest BCUT2D eigenvalue weighted by molar-refractivity contribution is 0.122. The Bertz CT molecular complexity index is 257. The highest BCUT2D eigenvalue weighted by atomic mass is 32.2. The van der Waals surface area contributed by atoms with E-state index in [1.54, 1.807) is 0 Å². The Morgan fingerprint density at radius 2 is 1.78 bits per heavy atom. The van der Waals surface area contributed by atoms with Crippen molar-refractivity contribution < 1.29 is 0 Å². The van der Waals surface area contributed by atoms with Gasteiger partial charge in [0.1, 0.15) is 0 Å². The van der Waals surface area contributed by atoms with Crippen LogP contribution in [0, 0.1) is 0 Å². The predicted octanol–water partition coefficient (Wildman–Crippen LogP) is 2.88. The zero-order chi connectivity index (χ0) is 12.3. The van der Waals surface area contributed by atoms with Gasteiger partial charge in [-0.3, -0.25) is 4.90 Å². The van der Waals surface area contributed by atoms with Crippen LogP contribution in [0.4, 0.5) is 0 Å². The van der Waals surface area contributed by atoms with Crippen molar-refractivity contribution in [1.82, 2.24) is 10.2 Å². The standard InChI is InChI=1S/C15H28N2S/c1-2-7-15(8-3-1)13-17(10-4-9-16-15)14-5-11-18-12-6-14/h14,16H,1-13H2. The first kappa shape index (κ1) is 13.3. The second-order valence-corrected chi connectivity index (χ2v) is 7.66. The van der Waals surface area contributed by atoms with Gasteiger partial charge < -0.3 is 5.32 Å². The van der Waals surface area contributed by atoms with Gasteiger partial charge in [0.2, 0.25) is 0 Å². The second kappa shape index (κ2) is 6.15. The Morgan fingerprint density at radius 3 is 2.56 bits per heavy atom. The van der Waals surface area contributed by atoms with Crippen molar-refractivity contribution in [2.24, 2.45) is 0 Å². The maximum Gasteiger partial charge on any atom is 0.0308 e. The van der Waals surface area contributed by atoms with E-state index < -0.39 is 0 Å². The fourth-order valence-corrected chi connectivity index (χ4v) is 5.17. The van der Waals surface area contributed by atoms with E-state index in [-0.39, 0.29) is 0 Å². The van der Waals surface area contributed by atoms with Gasteiger partial charge in [-0.25, -0.2) is 0 Å². The van der Waals surface area contributed by atoms with Crippen molar-refractivity contribution >= 4 is 11.8 Å². The summed E-state index contributed by atoms with van der Waals surface area (Å²) in [6, 6.07) is 0.893. The lowest BCUT2D eigenvalue weighted by Gasteiger charge is -2.43. The molecule has 1 aliphatic carbocycles. The third-order valence-electron chi connectivity index (χ3n) is 5.15. The molecule has 3 rings (SSSR count). The van der Waals surface area contributed by atoms with Gasteiger partial charge in [0.15, 0.2) is 0 Å². The summed E-state index contributed by atoms with van der Waals surface area (Å²) in [5, 5.41) is 3.92. The van der Waals surface area contributed by atoms with Crippen LogP contribution in [0.5, 0.6) is 0 Å². The van der Waals surface area contributed by atoms with Crippen LogP contribution >= 0.6 is 11.8 Å². The molecule has 3 heteroatoms. The molecule has 2 nitrogen and oxygen atoms in total. The van der Waals surface area contributed by atoms with Gasteiger partial charge in [0.25, 0.3) is 0 Å². The van der Waals surface area contributed by atoms with Crippen LogP contribution in [-0.4, -0.2) is 47.6 Å². The van der Waals surface area contributed by atoms with E-state index in [4.69, 9.17) is 0 Å². The quantitative estimate of drug-likeness (QED) is 0.787. The molecular weight excluding hydrogens is 240 g/mol. The van der Waals surface area contributed by atoms with Gasteiger partial charge in [-0.15, -0.1) is 0 Å². The fourth-order valence-electron chi connectivity index (χ4n) is 4.08. The Hall–Kier alpha value is 0.270. The molecule has 0 aromatic rings. The zero-order valence-corrected chi connectivity index (χ0v) is 12.4. The maximum absolute atomic E-state index is 3.92. The summed E-state index contributed by atoms with van der Waals surface area (Å²) >= 11 is 2.15. The van der Waals surface area contributed by atoms with Crippen LogP contribution in [0.3, 0.4) is 0 Å². The summed E-state index contributed by atoms with van der Waals surface area (Å²) < 4.78 is 0. The van der Waals surface area contributed by atoms with Crippen molar-refractivity contribution in [3.05, 3.63) is 0 Å². The molecule has 2 saturated heterocycles. The summed E-state index contributed by atoms with van der Waals surface area (Å²) in [4.78, 5) is 2.85. The van der Waals surface area contributed by atoms with Crippen molar-refractivity contribution in [3.8, 4) is 0 Å². The first-order valence-electron chi connectivity index (χ1n) is 7.95. The highest BCUT2D eigenvalue weighted by molar-refractivity contribution is 7.99. The van der Waals surface area contributed by atoms with Crippen LogP contribution < -0.4 is 5.32 Å². The molecule has 1 N–H and O–H groups in total. The molecule has 1 saturated carbocycles. The third kappa shape index (κ3) is 3.05. The molecule has 2 heterocycles. The number of hydrogen-bond acceptors (Lipinski definition) is 3. The Labute approximate surface area is 116 Å². The Morgan fingerprint density at radius 1 is 1.00 bits per heavy atom. The van der Waals surface area contributed by atoms with E-state index in [0.717, 1.165) is 6.04 Å². The smallest absolute Gasteiger partial charge is 0.0308 e. The van der Waals surface area contributed by atoms with Crippen LogP contribution in [0.25, 0.3) is 0 Å². The van der Waals surface area contributed by atoms with Crippen molar-refractivity contribution in [1.29, 1.82) is 0 Å². The lowest BCUT2D eigenvalue weighted by atomic mass is 9.81. The van der Waals surface area contributed by atoms with Crippen LogP contribution in [0.1, 0.15) is 51.4 Å². The number of thioether (sulfide) groups is 1. The van der Waals surface area contributed by atoms with Gasteiger partial charge in [-0.05, 0) is 56.7 Å². The molecule has 0 aromatic carbocycles. The van der Waals surface area contributed by atoms with Crippen LogP contribution in [0.2, 0.25) is 0 Å². The first-order valence-corrected chi connectivity index (χ1v) is 9.10. The average molecular weight is 268 g/mol. The van der Waals surface area contributed by atoms with Gasteiger partial charge in [-0.2, -0.15) is 11.8 Å². The van der Waals surface area contributed by atoms with E-state index in [1.807, 2.05) is 0 Å². The van der Waals surface area contributed by atoms with Crippen LogP contribution in [0.15, 0.2) is 0 Å². The SMILES string of the molecule is C1CCC2(CC1)CN(C1CCSCC1)CCCN2. The largest absolute Gasteiger partial charge is 0.310 e. The third-order valence-corrected chi connectivity index (χ3v) is 6.19.